The van der Waals surface area contributed by atoms with Gasteiger partial charge in [0.05, 0.1) is 0 Å². The van der Waals surface area contributed by atoms with E-state index in [4.69, 9.17) is 0 Å². The molecule has 1 unspecified atom stereocenters. The van der Waals surface area contributed by atoms with E-state index in [-0.39, 0.29) is 0 Å². The van der Waals surface area contributed by atoms with E-state index in [2.05, 4.69) is 45.0 Å². The van der Waals surface area contributed by atoms with Crippen molar-refractivity contribution in [3.05, 3.63) is 46.5 Å². The highest BCUT2D eigenvalue weighted by molar-refractivity contribution is 5.34. The molecule has 0 radical (unpaired) electrons. The average Bonchev–Trinajstić information content (AvgIpc) is 2.75. The summed E-state index contributed by atoms with van der Waals surface area (Å²) in [5.74, 6) is 0.619. The maximum Gasteiger partial charge on any atom is 0.00223 e. The fourth-order valence-corrected chi connectivity index (χ4v) is 2.75. The van der Waals surface area contributed by atoms with Gasteiger partial charge in [0, 0.05) is 5.92 Å². The minimum Gasteiger partial charge on any atom is -0.0735 e. The van der Waals surface area contributed by atoms with Crippen LogP contribution in [0.1, 0.15) is 57.1 Å². The summed E-state index contributed by atoms with van der Waals surface area (Å²) in [5, 5.41) is 0. The van der Waals surface area contributed by atoms with Crippen LogP contribution >= 0.6 is 0 Å². The smallest absolute Gasteiger partial charge is 0.00223 e. The fraction of sp³-hybridized carbons (Fsp3) is 0.500. The zero-order valence-electron chi connectivity index (χ0n) is 10.7. The van der Waals surface area contributed by atoms with Crippen LogP contribution in [0.3, 0.4) is 0 Å². The van der Waals surface area contributed by atoms with E-state index in [1.807, 2.05) is 0 Å². The summed E-state index contributed by atoms with van der Waals surface area (Å²) in [6.45, 7) is 6.87. The molecule has 0 fully saturated rings. The first-order valence-electron chi connectivity index (χ1n) is 6.49. The van der Waals surface area contributed by atoms with E-state index < -0.39 is 0 Å². The van der Waals surface area contributed by atoms with Crippen LogP contribution in [0.2, 0.25) is 0 Å². The van der Waals surface area contributed by atoms with Gasteiger partial charge in [0.25, 0.3) is 0 Å². The molecule has 0 amide bonds. The molecule has 0 saturated heterocycles. The molecule has 1 aromatic rings. The van der Waals surface area contributed by atoms with Crippen molar-refractivity contribution in [2.24, 2.45) is 0 Å². The molecular weight excluding hydrogens is 192 g/mol. The lowest BCUT2D eigenvalue weighted by atomic mass is 9.90. The molecule has 16 heavy (non-hydrogen) atoms. The lowest BCUT2D eigenvalue weighted by Gasteiger charge is -2.15. The number of aryl methyl sites for hydroxylation is 1. The summed E-state index contributed by atoms with van der Waals surface area (Å²) in [7, 11) is 0. The van der Waals surface area contributed by atoms with E-state index in [9.17, 15) is 0 Å². The molecule has 1 aromatic carbocycles. The predicted molar refractivity (Wildman–Crippen MR) is 70.8 cm³/mol. The minimum atomic E-state index is 0.619. The Balaban J connectivity index is 2.20. The number of rotatable bonds is 3. The minimum absolute atomic E-state index is 0.619. The second-order valence-electron chi connectivity index (χ2n) is 4.98. The normalized spacial score (nSPS) is 17.9. The van der Waals surface area contributed by atoms with Crippen molar-refractivity contribution < 1.29 is 0 Å². The van der Waals surface area contributed by atoms with E-state index in [0.29, 0.717) is 5.92 Å². The highest BCUT2D eigenvalue weighted by Gasteiger charge is 2.17. The third kappa shape index (κ3) is 2.21. The maximum absolute atomic E-state index is 2.35. The van der Waals surface area contributed by atoms with Crippen molar-refractivity contribution in [3.8, 4) is 0 Å². The van der Waals surface area contributed by atoms with E-state index in [1.165, 1.54) is 30.4 Å². The lowest BCUT2D eigenvalue weighted by molar-refractivity contribution is 0.811. The second kappa shape index (κ2) is 4.86. The third-order valence-electron chi connectivity index (χ3n) is 3.96. The quantitative estimate of drug-likeness (QED) is 0.631. The van der Waals surface area contributed by atoms with Gasteiger partial charge in [-0.05, 0) is 43.7 Å². The molecule has 0 heteroatoms. The largest absolute Gasteiger partial charge is 0.0735 e. The van der Waals surface area contributed by atoms with Crippen LogP contribution in [0.25, 0.3) is 0 Å². The molecule has 0 heterocycles. The molecular formula is C16H22. The molecule has 0 saturated carbocycles. The van der Waals surface area contributed by atoms with E-state index in [1.54, 1.807) is 11.1 Å². The standard InChI is InChI=1S/C16H22/c1-4-14-8-10-15(11-9-14)13(3)16-7-5-6-12(16)2/h8-11,13H,4-7H2,1-3H3. The topological polar surface area (TPSA) is 0 Å². The zero-order valence-corrected chi connectivity index (χ0v) is 10.7. The SMILES string of the molecule is CCc1ccc(C(C)C2=C(C)CCC2)cc1. The summed E-state index contributed by atoms with van der Waals surface area (Å²) in [4.78, 5) is 0. The van der Waals surface area contributed by atoms with Crippen LogP contribution in [0, 0.1) is 0 Å². The molecule has 0 bridgehead atoms. The summed E-state index contributed by atoms with van der Waals surface area (Å²) < 4.78 is 0. The van der Waals surface area contributed by atoms with Gasteiger partial charge >= 0.3 is 0 Å². The maximum atomic E-state index is 2.35. The Bertz CT molecular complexity index is 381. The highest BCUT2D eigenvalue weighted by atomic mass is 14.2. The second-order valence-corrected chi connectivity index (χ2v) is 4.98. The Hall–Kier alpha value is -1.04. The van der Waals surface area contributed by atoms with Gasteiger partial charge in [0.1, 0.15) is 0 Å². The van der Waals surface area contributed by atoms with Crippen LogP contribution < -0.4 is 0 Å². The first kappa shape index (κ1) is 11.4. The van der Waals surface area contributed by atoms with Crippen molar-refractivity contribution in [1.29, 1.82) is 0 Å². The number of allylic oxidation sites excluding steroid dienone is 2. The molecule has 0 nitrogen and oxygen atoms in total. The molecule has 1 aliphatic rings. The van der Waals surface area contributed by atoms with Gasteiger partial charge in [-0.1, -0.05) is 49.3 Å². The van der Waals surface area contributed by atoms with Crippen molar-refractivity contribution in [3.63, 3.8) is 0 Å². The Labute approximate surface area is 99.4 Å². The molecule has 1 atom stereocenters. The van der Waals surface area contributed by atoms with Gasteiger partial charge in [-0.25, -0.2) is 0 Å². The van der Waals surface area contributed by atoms with Gasteiger partial charge in [-0.15, -0.1) is 0 Å². The van der Waals surface area contributed by atoms with Crippen molar-refractivity contribution >= 4 is 0 Å². The summed E-state index contributed by atoms with van der Waals surface area (Å²) in [5.41, 5.74) is 6.23. The molecule has 2 rings (SSSR count). The van der Waals surface area contributed by atoms with Crippen LogP contribution in [0.4, 0.5) is 0 Å². The predicted octanol–water partition coefficient (Wildman–Crippen LogP) is 4.85. The Morgan fingerprint density at radius 3 is 2.31 bits per heavy atom. The summed E-state index contributed by atoms with van der Waals surface area (Å²) in [6, 6.07) is 9.16. The number of benzene rings is 1. The molecule has 0 N–H and O–H groups in total. The summed E-state index contributed by atoms with van der Waals surface area (Å²) >= 11 is 0. The van der Waals surface area contributed by atoms with Gasteiger partial charge in [0.2, 0.25) is 0 Å². The zero-order chi connectivity index (χ0) is 11.5. The fourth-order valence-electron chi connectivity index (χ4n) is 2.75. The number of hydrogen-bond acceptors (Lipinski definition) is 0. The lowest BCUT2D eigenvalue weighted by Crippen LogP contribution is -1.97. The molecule has 0 aromatic heterocycles. The Morgan fingerprint density at radius 2 is 1.81 bits per heavy atom. The third-order valence-corrected chi connectivity index (χ3v) is 3.96. The van der Waals surface area contributed by atoms with Crippen molar-refractivity contribution in [2.75, 3.05) is 0 Å². The first-order valence-corrected chi connectivity index (χ1v) is 6.49. The molecule has 86 valence electrons. The Kier molecular flexibility index (Phi) is 3.48. The van der Waals surface area contributed by atoms with Crippen molar-refractivity contribution in [1.82, 2.24) is 0 Å². The molecule has 0 aliphatic heterocycles. The Morgan fingerprint density at radius 1 is 1.12 bits per heavy atom. The highest BCUT2D eigenvalue weighted by Crippen LogP contribution is 2.36. The molecule has 0 spiro atoms. The van der Waals surface area contributed by atoms with Gasteiger partial charge in [-0.3, -0.25) is 0 Å². The number of hydrogen-bond donors (Lipinski definition) is 0. The monoisotopic (exact) mass is 214 g/mol. The van der Waals surface area contributed by atoms with Crippen LogP contribution in [-0.4, -0.2) is 0 Å². The van der Waals surface area contributed by atoms with Crippen molar-refractivity contribution in [2.45, 2.75) is 52.4 Å². The van der Waals surface area contributed by atoms with Gasteiger partial charge in [0.15, 0.2) is 0 Å². The average molecular weight is 214 g/mol. The first-order chi connectivity index (χ1) is 7.72. The van der Waals surface area contributed by atoms with Crippen LogP contribution in [0.5, 0.6) is 0 Å². The van der Waals surface area contributed by atoms with Crippen LogP contribution in [0.15, 0.2) is 35.4 Å². The van der Waals surface area contributed by atoms with Gasteiger partial charge in [-0.2, -0.15) is 0 Å². The molecule has 1 aliphatic carbocycles. The van der Waals surface area contributed by atoms with Crippen LogP contribution in [-0.2, 0) is 6.42 Å². The van der Waals surface area contributed by atoms with Gasteiger partial charge < -0.3 is 0 Å². The van der Waals surface area contributed by atoms with E-state index in [0.717, 1.165) is 6.42 Å². The summed E-state index contributed by atoms with van der Waals surface area (Å²) in [6.07, 6.45) is 5.12. The van der Waals surface area contributed by atoms with E-state index >= 15 is 0 Å².